The Morgan fingerprint density at radius 2 is 2.05 bits per heavy atom. The van der Waals surface area contributed by atoms with Gasteiger partial charge in [-0.3, -0.25) is 23.8 Å². The lowest BCUT2D eigenvalue weighted by Crippen LogP contribution is -2.27. The molecule has 0 spiro atoms. The molecule has 0 radical (unpaired) electrons. The molecule has 0 aliphatic carbocycles. The second-order valence-electron chi connectivity index (χ2n) is 9.51. The van der Waals surface area contributed by atoms with Gasteiger partial charge in [-0.1, -0.05) is 41.7 Å². The minimum atomic E-state index is -2.71. The molecule has 42 heavy (non-hydrogen) atoms. The van der Waals surface area contributed by atoms with Crippen LogP contribution in [0.4, 0.5) is 10.1 Å². The summed E-state index contributed by atoms with van der Waals surface area (Å²) in [7, 11) is 0. The number of fused-ring (bicyclic) bond motifs is 4. The second-order valence-corrected chi connectivity index (χ2v) is 10.3. The lowest BCUT2D eigenvalue weighted by Gasteiger charge is -2.22. The van der Waals surface area contributed by atoms with Crippen molar-refractivity contribution < 1.29 is 16.0 Å². The van der Waals surface area contributed by atoms with Crippen LogP contribution in [0.1, 0.15) is 44.7 Å². The molecule has 1 aliphatic rings. The molecule has 4 aromatic heterocycles. The summed E-state index contributed by atoms with van der Waals surface area (Å²) in [6.45, 7) is -1.22. The highest BCUT2D eigenvalue weighted by Crippen LogP contribution is 2.34. The maximum Gasteiger partial charge on any atom is 0.254 e. The van der Waals surface area contributed by atoms with Gasteiger partial charge in [0.1, 0.15) is 0 Å². The maximum atomic E-state index is 15.5. The molecule has 11 nitrogen and oxygen atoms in total. The lowest BCUT2D eigenvalue weighted by molar-refractivity contribution is -0.119. The monoisotopic (exact) mass is 612 g/mol. The number of aromatic nitrogens is 8. The number of amides is 1. The van der Waals surface area contributed by atoms with Crippen molar-refractivity contribution in [3.63, 3.8) is 0 Å². The van der Waals surface area contributed by atoms with Crippen molar-refractivity contribution in [2.45, 2.75) is 32.2 Å². The van der Waals surface area contributed by atoms with Crippen molar-refractivity contribution >= 4 is 34.8 Å². The van der Waals surface area contributed by atoms with Crippen LogP contribution in [-0.4, -0.2) is 45.2 Å². The normalized spacial score (nSPS) is 22.8. The number of carbonyl (C=O) groups is 1. The van der Waals surface area contributed by atoms with Gasteiger partial charge in [0.05, 0.1) is 63.8 Å². The van der Waals surface area contributed by atoms with Gasteiger partial charge in [-0.2, -0.15) is 5.10 Å². The minimum Gasteiger partial charge on any atom is -0.323 e. The molecule has 1 N–H and O–H groups in total. The van der Waals surface area contributed by atoms with Gasteiger partial charge in [-0.05, 0) is 37.1 Å². The van der Waals surface area contributed by atoms with E-state index in [0.717, 1.165) is 10.7 Å². The predicted molar refractivity (Wildman–Crippen MR) is 155 cm³/mol. The van der Waals surface area contributed by atoms with Crippen LogP contribution < -0.4 is 10.9 Å². The Balaban J connectivity index is 1.51. The number of anilines is 1. The summed E-state index contributed by atoms with van der Waals surface area (Å²) in [4.78, 5) is 35.8. The molecular formula is C28H24Cl2FN9O2. The number of aryl methyl sites for hydroxylation is 1. The minimum absolute atomic E-state index is 0.0467. The average Bonchev–Trinajstić information content (AvgIpc) is 3.66. The quantitative estimate of drug-likeness (QED) is 0.301. The smallest absolute Gasteiger partial charge is 0.254 e. The number of rotatable bonds is 3. The van der Waals surface area contributed by atoms with Crippen molar-refractivity contribution in [1.29, 1.82) is 0 Å². The Bertz CT molecular complexity index is 2070. The van der Waals surface area contributed by atoms with Crippen molar-refractivity contribution in [3.8, 4) is 28.2 Å². The van der Waals surface area contributed by atoms with E-state index in [9.17, 15) is 9.59 Å². The second kappa shape index (κ2) is 11.1. The molecule has 2 unspecified atom stereocenters. The Labute approximate surface area is 256 Å². The fraction of sp³-hybridized carbons (Fsp3) is 0.250. The van der Waals surface area contributed by atoms with Crippen LogP contribution in [0.2, 0.25) is 10.2 Å². The summed E-state index contributed by atoms with van der Waals surface area (Å²) < 4.78 is 60.2. The largest absolute Gasteiger partial charge is 0.323 e. The van der Waals surface area contributed by atoms with Gasteiger partial charge in [0.2, 0.25) is 5.91 Å². The maximum absolute atomic E-state index is 15.5. The molecule has 1 aromatic carbocycles. The lowest BCUT2D eigenvalue weighted by atomic mass is 9.97. The van der Waals surface area contributed by atoms with Crippen LogP contribution in [0, 0.1) is 11.7 Å². The first-order chi connectivity index (χ1) is 22.2. The van der Waals surface area contributed by atoms with Crippen LogP contribution in [0.5, 0.6) is 0 Å². The summed E-state index contributed by atoms with van der Waals surface area (Å²) in [6.07, 6.45) is 2.53. The summed E-state index contributed by atoms with van der Waals surface area (Å²) in [5.41, 5.74) is 0.00221. The summed E-state index contributed by atoms with van der Waals surface area (Å²) >= 11 is 12.0. The topological polar surface area (TPSA) is 125 Å². The zero-order valence-electron chi connectivity index (χ0n) is 26.7. The fourth-order valence-corrected chi connectivity index (χ4v) is 5.02. The molecule has 6 rings (SSSR count). The van der Waals surface area contributed by atoms with Gasteiger partial charge in [0, 0.05) is 37.6 Å². The third-order valence-corrected chi connectivity index (χ3v) is 7.30. The Hall–Kier alpha value is -4.42. The molecule has 5 heterocycles. The van der Waals surface area contributed by atoms with Crippen molar-refractivity contribution in [3.05, 3.63) is 87.3 Å². The molecule has 0 saturated heterocycles. The Kier molecular flexibility index (Phi) is 5.87. The highest BCUT2D eigenvalue weighted by molar-refractivity contribution is 6.31. The first-order valence-electron chi connectivity index (χ1n) is 15.2. The van der Waals surface area contributed by atoms with Gasteiger partial charge >= 0.3 is 0 Å². The van der Waals surface area contributed by atoms with E-state index in [2.05, 4.69) is 30.7 Å². The fourth-order valence-electron chi connectivity index (χ4n) is 4.73. The third-order valence-electron chi connectivity index (χ3n) is 6.83. The molecule has 2 bridgehead atoms. The van der Waals surface area contributed by atoms with E-state index in [1.54, 1.807) is 0 Å². The molecule has 5 aromatic rings. The van der Waals surface area contributed by atoms with Gasteiger partial charge in [0.25, 0.3) is 5.56 Å². The number of nitrogens with zero attached hydrogens (tertiary/aromatic N) is 8. The zero-order valence-corrected chi connectivity index (χ0v) is 23.3. The van der Waals surface area contributed by atoms with Crippen LogP contribution >= 0.6 is 23.2 Å². The molecule has 0 saturated carbocycles. The van der Waals surface area contributed by atoms with Gasteiger partial charge in [-0.25, -0.2) is 14.1 Å². The summed E-state index contributed by atoms with van der Waals surface area (Å²) in [5, 5.41) is 14.1. The first kappa shape index (κ1) is 22.2. The number of carbonyl (C=O) groups excluding carboxylic acids is 1. The zero-order chi connectivity index (χ0) is 33.8. The standard InChI is InChI=1S/C28H24Cl2FN9O2/c1-15-4-3-5-21(18-10-16(8-9-32-18)27-20(35-28(15)42)12-34-38(27)2)39-14-33-19(11-24(39)41)25-22(7-6-17(29)26(25)31)40-13-23(30)36-37-40/h6-15,21H,3-5H2,1-2H3,(H,35,42)/t15-,21+/m1/s1/i2D3,3D,4D/t3?,4?,15-,21+. The van der Waals surface area contributed by atoms with Gasteiger partial charge in [-0.15, -0.1) is 5.10 Å². The number of hydrogen-bond donors (Lipinski definition) is 1. The third kappa shape index (κ3) is 5.07. The van der Waals surface area contributed by atoms with Gasteiger partial charge in [0.15, 0.2) is 11.0 Å². The van der Waals surface area contributed by atoms with E-state index in [1.165, 1.54) is 65.4 Å². The van der Waals surface area contributed by atoms with Crippen LogP contribution in [-0.2, 0) is 11.8 Å². The van der Waals surface area contributed by atoms with Crippen molar-refractivity contribution in [2.75, 3.05) is 5.32 Å². The number of hydrogen-bond acceptors (Lipinski definition) is 7. The number of halogens is 3. The van der Waals surface area contributed by atoms with Crippen molar-refractivity contribution in [1.82, 2.24) is 39.3 Å². The molecule has 1 aliphatic heterocycles. The van der Waals surface area contributed by atoms with Crippen LogP contribution in [0.3, 0.4) is 0 Å². The van der Waals surface area contributed by atoms with Crippen molar-refractivity contribution in [2.24, 2.45) is 12.9 Å². The van der Waals surface area contributed by atoms with E-state index in [4.69, 9.17) is 30.1 Å². The highest BCUT2D eigenvalue weighted by atomic mass is 35.5. The number of nitrogens with one attached hydrogen (secondary N) is 1. The Morgan fingerprint density at radius 1 is 1.19 bits per heavy atom. The average molecular weight is 613 g/mol. The van der Waals surface area contributed by atoms with Crippen LogP contribution in [0.25, 0.3) is 28.2 Å². The summed E-state index contributed by atoms with van der Waals surface area (Å²) in [6, 6.07) is 5.92. The highest BCUT2D eigenvalue weighted by Gasteiger charge is 2.25. The summed E-state index contributed by atoms with van der Waals surface area (Å²) in [5.74, 6) is -2.46. The number of benzene rings is 1. The Morgan fingerprint density at radius 3 is 2.81 bits per heavy atom. The SMILES string of the molecule is [2H]C1C[C@H](n2cnc(-c3c(-n4cc(Cl)nn4)ccc(Cl)c3F)cc2=O)c2cc(ccn2)-c2c(cnn2C([2H])([2H])[2H])NC(=O)[C@H](C)C1[2H]. The first-order valence-corrected chi connectivity index (χ1v) is 13.3. The molecule has 214 valence electrons. The van der Waals surface area contributed by atoms with E-state index >= 15 is 4.39 Å². The predicted octanol–water partition coefficient (Wildman–Crippen LogP) is 5.08. The molecule has 0 fully saturated rings. The molecule has 4 atom stereocenters. The molecular weight excluding hydrogens is 584 g/mol. The number of pyridine rings is 1. The van der Waals surface area contributed by atoms with E-state index in [0.29, 0.717) is 5.56 Å². The van der Waals surface area contributed by atoms with E-state index < -0.39 is 49.0 Å². The molecule has 14 heteroatoms. The molecule has 1 amide bonds. The van der Waals surface area contributed by atoms with E-state index in [1.807, 2.05) is 0 Å². The van der Waals surface area contributed by atoms with E-state index in [-0.39, 0.29) is 50.6 Å². The van der Waals surface area contributed by atoms with Gasteiger partial charge < -0.3 is 5.32 Å². The van der Waals surface area contributed by atoms with Crippen LogP contribution in [0.15, 0.2) is 60.0 Å².